The second kappa shape index (κ2) is 7.19. The zero-order chi connectivity index (χ0) is 18.8. The minimum atomic E-state index is -0.823. The van der Waals surface area contributed by atoms with Crippen molar-refractivity contribution in [2.24, 2.45) is 0 Å². The lowest BCUT2D eigenvalue weighted by Gasteiger charge is -2.26. The number of ether oxygens (including phenoxy) is 1. The molecule has 0 radical (unpaired) electrons. The van der Waals surface area contributed by atoms with Crippen LogP contribution in [0, 0.1) is 0 Å². The molecule has 0 atom stereocenters. The van der Waals surface area contributed by atoms with Gasteiger partial charge < -0.3 is 4.74 Å². The lowest BCUT2D eigenvalue weighted by atomic mass is 10.1. The summed E-state index contributed by atoms with van der Waals surface area (Å²) in [5, 5.41) is 2.79. The van der Waals surface area contributed by atoms with Crippen LogP contribution < -0.4 is 15.0 Å². The molecule has 6 nitrogen and oxygen atoms in total. The number of carbonyl (C=O) groups is 3. The molecular weight excluding hydrogens is 379 g/mol. The Balaban J connectivity index is 1.99. The second-order valence-electron chi connectivity index (χ2n) is 5.33. The predicted molar refractivity (Wildman–Crippen MR) is 98.5 cm³/mol. The number of methoxy groups -OCH3 is 1. The summed E-state index contributed by atoms with van der Waals surface area (Å²) in [5.74, 6) is -0.952. The Labute approximate surface area is 158 Å². The summed E-state index contributed by atoms with van der Waals surface area (Å²) in [4.78, 5) is 37.9. The van der Waals surface area contributed by atoms with E-state index in [0.717, 1.165) is 4.90 Å². The molecule has 3 rings (SSSR count). The van der Waals surface area contributed by atoms with E-state index in [0.29, 0.717) is 22.0 Å². The van der Waals surface area contributed by atoms with Crippen molar-refractivity contribution in [2.45, 2.75) is 0 Å². The van der Waals surface area contributed by atoms with E-state index in [2.05, 4.69) is 5.32 Å². The van der Waals surface area contributed by atoms with Crippen LogP contribution in [0.2, 0.25) is 10.0 Å². The molecule has 1 heterocycles. The summed E-state index contributed by atoms with van der Waals surface area (Å²) in [6, 6.07) is 10.2. The van der Waals surface area contributed by atoms with Gasteiger partial charge in [0.1, 0.15) is 11.3 Å². The molecule has 4 amide bonds. The minimum Gasteiger partial charge on any atom is -0.497 e. The molecule has 1 aliphatic rings. The summed E-state index contributed by atoms with van der Waals surface area (Å²) in [6.45, 7) is 0. The lowest BCUT2D eigenvalue weighted by molar-refractivity contribution is -0.122. The fourth-order valence-corrected chi connectivity index (χ4v) is 2.70. The molecule has 0 aliphatic carbocycles. The third kappa shape index (κ3) is 3.42. The van der Waals surface area contributed by atoms with Gasteiger partial charge in [0.05, 0.1) is 22.8 Å². The Morgan fingerprint density at radius 1 is 1.00 bits per heavy atom. The van der Waals surface area contributed by atoms with E-state index in [4.69, 9.17) is 27.9 Å². The Morgan fingerprint density at radius 2 is 1.69 bits per heavy atom. The first-order chi connectivity index (χ1) is 12.4. The standard InChI is InChI=1S/C18H12Cl2N2O4/c1-26-12-5-3-11(4-6-12)22-17(24)13(16(23)21-18(22)25)8-10-2-7-14(19)15(20)9-10/h2-9H,1H3,(H,21,23,25)/b13-8+. The fraction of sp³-hybridized carbons (Fsp3) is 0.0556. The van der Waals surface area contributed by atoms with Gasteiger partial charge >= 0.3 is 6.03 Å². The predicted octanol–water partition coefficient (Wildman–Crippen LogP) is 3.67. The summed E-state index contributed by atoms with van der Waals surface area (Å²) in [7, 11) is 1.50. The molecule has 132 valence electrons. The van der Waals surface area contributed by atoms with Gasteiger partial charge in [-0.2, -0.15) is 0 Å². The second-order valence-corrected chi connectivity index (χ2v) is 6.14. The van der Waals surface area contributed by atoms with E-state index in [9.17, 15) is 14.4 Å². The molecule has 0 saturated carbocycles. The molecule has 1 fully saturated rings. The molecule has 1 aliphatic heterocycles. The van der Waals surface area contributed by atoms with E-state index >= 15 is 0 Å². The van der Waals surface area contributed by atoms with Crippen LogP contribution in [0.3, 0.4) is 0 Å². The maximum absolute atomic E-state index is 12.7. The van der Waals surface area contributed by atoms with Gasteiger partial charge in [0, 0.05) is 0 Å². The Morgan fingerprint density at radius 3 is 2.31 bits per heavy atom. The van der Waals surface area contributed by atoms with Crippen LogP contribution >= 0.6 is 23.2 Å². The van der Waals surface area contributed by atoms with Crippen molar-refractivity contribution in [2.75, 3.05) is 12.0 Å². The topological polar surface area (TPSA) is 75.7 Å². The van der Waals surface area contributed by atoms with Gasteiger partial charge in [-0.15, -0.1) is 0 Å². The monoisotopic (exact) mass is 390 g/mol. The van der Waals surface area contributed by atoms with Crippen LogP contribution in [0.4, 0.5) is 10.5 Å². The first-order valence-corrected chi connectivity index (χ1v) is 8.17. The van der Waals surface area contributed by atoms with Gasteiger partial charge in [0.25, 0.3) is 11.8 Å². The molecule has 0 unspecified atom stereocenters. The fourth-order valence-electron chi connectivity index (χ4n) is 2.39. The van der Waals surface area contributed by atoms with Crippen molar-refractivity contribution < 1.29 is 19.1 Å². The largest absolute Gasteiger partial charge is 0.497 e. The molecule has 8 heteroatoms. The number of hydrogen-bond donors (Lipinski definition) is 1. The van der Waals surface area contributed by atoms with E-state index in [1.165, 1.54) is 19.3 Å². The maximum Gasteiger partial charge on any atom is 0.335 e. The van der Waals surface area contributed by atoms with Crippen molar-refractivity contribution in [3.05, 3.63) is 63.6 Å². The first kappa shape index (κ1) is 18.0. The van der Waals surface area contributed by atoms with Crippen LogP contribution in [0.15, 0.2) is 48.0 Å². The molecule has 26 heavy (non-hydrogen) atoms. The van der Waals surface area contributed by atoms with Gasteiger partial charge in [-0.3, -0.25) is 14.9 Å². The average molecular weight is 391 g/mol. The smallest absolute Gasteiger partial charge is 0.335 e. The maximum atomic E-state index is 12.7. The summed E-state index contributed by atoms with van der Waals surface area (Å²) in [6.07, 6.45) is 1.35. The molecule has 1 saturated heterocycles. The van der Waals surface area contributed by atoms with E-state index in [1.54, 1.807) is 36.4 Å². The summed E-state index contributed by atoms with van der Waals surface area (Å²) >= 11 is 11.8. The van der Waals surface area contributed by atoms with Crippen molar-refractivity contribution in [1.82, 2.24) is 5.32 Å². The average Bonchev–Trinajstić information content (AvgIpc) is 2.62. The van der Waals surface area contributed by atoms with Crippen molar-refractivity contribution in [3.63, 3.8) is 0 Å². The highest BCUT2D eigenvalue weighted by atomic mass is 35.5. The van der Waals surface area contributed by atoms with Crippen molar-refractivity contribution in [1.29, 1.82) is 0 Å². The number of carbonyl (C=O) groups excluding carboxylic acids is 3. The van der Waals surface area contributed by atoms with Crippen LogP contribution in [-0.2, 0) is 9.59 Å². The van der Waals surface area contributed by atoms with Crippen LogP contribution in [0.25, 0.3) is 6.08 Å². The van der Waals surface area contributed by atoms with E-state index < -0.39 is 17.8 Å². The highest BCUT2D eigenvalue weighted by Gasteiger charge is 2.36. The van der Waals surface area contributed by atoms with Crippen molar-refractivity contribution in [3.8, 4) is 5.75 Å². The summed E-state index contributed by atoms with van der Waals surface area (Å²) in [5.41, 5.74) is 0.613. The zero-order valence-corrected chi connectivity index (χ0v) is 15.0. The number of imide groups is 2. The van der Waals surface area contributed by atoms with E-state index in [-0.39, 0.29) is 10.6 Å². The number of amides is 4. The molecule has 0 aromatic heterocycles. The number of rotatable bonds is 3. The van der Waals surface area contributed by atoms with Gasteiger partial charge in [0.15, 0.2) is 0 Å². The van der Waals surface area contributed by atoms with Crippen LogP contribution in [-0.4, -0.2) is 25.0 Å². The first-order valence-electron chi connectivity index (χ1n) is 7.41. The van der Waals surface area contributed by atoms with Gasteiger partial charge in [-0.05, 0) is 48.0 Å². The van der Waals surface area contributed by atoms with Gasteiger partial charge in [0.2, 0.25) is 0 Å². The van der Waals surface area contributed by atoms with Gasteiger partial charge in [-0.1, -0.05) is 29.3 Å². The number of benzene rings is 2. The number of urea groups is 1. The number of halogens is 2. The lowest BCUT2D eigenvalue weighted by Crippen LogP contribution is -2.54. The highest BCUT2D eigenvalue weighted by molar-refractivity contribution is 6.42. The van der Waals surface area contributed by atoms with Crippen LogP contribution in [0.1, 0.15) is 5.56 Å². The van der Waals surface area contributed by atoms with Gasteiger partial charge in [-0.25, -0.2) is 9.69 Å². The zero-order valence-electron chi connectivity index (χ0n) is 13.5. The number of hydrogen-bond acceptors (Lipinski definition) is 4. The molecule has 2 aromatic rings. The van der Waals surface area contributed by atoms with E-state index in [1.807, 2.05) is 0 Å². The molecule has 2 aromatic carbocycles. The third-order valence-electron chi connectivity index (χ3n) is 3.69. The summed E-state index contributed by atoms with van der Waals surface area (Å²) < 4.78 is 5.06. The molecule has 0 spiro atoms. The Kier molecular flexibility index (Phi) is 4.97. The number of nitrogens with one attached hydrogen (secondary N) is 1. The Bertz CT molecular complexity index is 939. The Hall–Kier alpha value is -2.83. The molecule has 0 bridgehead atoms. The quantitative estimate of drug-likeness (QED) is 0.640. The minimum absolute atomic E-state index is 0.196. The molecular formula is C18H12Cl2N2O4. The third-order valence-corrected chi connectivity index (χ3v) is 4.43. The normalized spacial score (nSPS) is 16.0. The number of nitrogens with zero attached hydrogens (tertiary/aromatic N) is 1. The van der Waals surface area contributed by atoms with Crippen molar-refractivity contribution >= 4 is 52.8 Å². The molecule has 1 N–H and O–H groups in total. The number of barbiturate groups is 1. The van der Waals surface area contributed by atoms with Crippen LogP contribution in [0.5, 0.6) is 5.75 Å². The highest BCUT2D eigenvalue weighted by Crippen LogP contribution is 2.26. The SMILES string of the molecule is COc1ccc(N2C(=O)NC(=O)/C(=C\c3ccc(Cl)c(Cl)c3)C2=O)cc1. The number of anilines is 1.